The van der Waals surface area contributed by atoms with Gasteiger partial charge in [-0.2, -0.15) is 0 Å². The summed E-state index contributed by atoms with van der Waals surface area (Å²) in [4.78, 5) is 0. The normalized spacial score (nSPS) is 12.1. The SMILES string of the molecule is O=S(=O)(/C=C/c1ccccc1)CBr. The molecule has 0 amide bonds. The van der Waals surface area contributed by atoms with Crippen molar-refractivity contribution in [3.8, 4) is 0 Å². The topological polar surface area (TPSA) is 34.1 Å². The van der Waals surface area contributed by atoms with E-state index in [9.17, 15) is 8.42 Å². The van der Waals surface area contributed by atoms with Crippen LogP contribution in [0.2, 0.25) is 0 Å². The first kappa shape index (κ1) is 10.5. The van der Waals surface area contributed by atoms with E-state index in [0.29, 0.717) is 0 Å². The van der Waals surface area contributed by atoms with E-state index >= 15 is 0 Å². The molecule has 2 nitrogen and oxygen atoms in total. The summed E-state index contributed by atoms with van der Waals surface area (Å²) in [5.41, 5.74) is 0.882. The van der Waals surface area contributed by atoms with E-state index in [0.717, 1.165) is 5.56 Å². The van der Waals surface area contributed by atoms with E-state index in [1.165, 1.54) is 5.41 Å². The third-order valence-electron chi connectivity index (χ3n) is 1.42. The molecule has 0 fully saturated rings. The average Bonchev–Trinajstić information content (AvgIpc) is 2.17. The molecule has 0 unspecified atom stereocenters. The van der Waals surface area contributed by atoms with Gasteiger partial charge in [-0.25, -0.2) is 8.42 Å². The Balaban J connectivity index is 2.82. The largest absolute Gasteiger partial charge is 0.223 e. The van der Waals surface area contributed by atoms with Crippen LogP contribution in [0, 0.1) is 0 Å². The standard InChI is InChI=1S/C9H9BrO2S/c10-8-13(11,12)7-6-9-4-2-1-3-5-9/h1-7H,8H2/b7-6+. The molecule has 1 aromatic carbocycles. The molecule has 0 saturated carbocycles. The Labute approximate surface area is 86.3 Å². The summed E-state index contributed by atoms with van der Waals surface area (Å²) in [5.74, 6) is 0. The molecule has 70 valence electrons. The lowest BCUT2D eigenvalue weighted by Crippen LogP contribution is -1.93. The number of hydrogen-bond donors (Lipinski definition) is 0. The molecule has 0 aliphatic heterocycles. The van der Waals surface area contributed by atoms with Gasteiger partial charge in [0, 0.05) is 5.41 Å². The highest BCUT2D eigenvalue weighted by molar-refractivity contribution is 9.10. The second kappa shape index (κ2) is 4.58. The van der Waals surface area contributed by atoms with Crippen LogP contribution in [-0.2, 0) is 9.84 Å². The average molecular weight is 261 g/mol. The highest BCUT2D eigenvalue weighted by Crippen LogP contribution is 2.05. The van der Waals surface area contributed by atoms with Gasteiger partial charge in [-0.3, -0.25) is 0 Å². The first-order chi connectivity index (χ1) is 6.14. The molecular weight excluding hydrogens is 252 g/mol. The van der Waals surface area contributed by atoms with Crippen LogP contribution in [-0.4, -0.2) is 13.1 Å². The van der Waals surface area contributed by atoms with Crippen molar-refractivity contribution in [3.63, 3.8) is 0 Å². The highest BCUT2D eigenvalue weighted by Gasteiger charge is 2.00. The molecule has 0 aromatic heterocycles. The van der Waals surface area contributed by atoms with E-state index in [1.54, 1.807) is 6.08 Å². The molecule has 0 aliphatic carbocycles. The van der Waals surface area contributed by atoms with Crippen LogP contribution in [0.1, 0.15) is 5.56 Å². The molecule has 0 heterocycles. The number of alkyl halides is 1. The molecule has 0 spiro atoms. The third kappa shape index (κ3) is 3.74. The van der Waals surface area contributed by atoms with Crippen molar-refractivity contribution in [3.05, 3.63) is 41.3 Å². The summed E-state index contributed by atoms with van der Waals surface area (Å²) >= 11 is 2.91. The van der Waals surface area contributed by atoms with Crippen LogP contribution in [0.3, 0.4) is 0 Å². The van der Waals surface area contributed by atoms with Gasteiger partial charge in [-0.15, -0.1) is 0 Å². The number of sulfone groups is 1. The minimum Gasteiger partial charge on any atom is -0.223 e. The van der Waals surface area contributed by atoms with E-state index in [-0.39, 0.29) is 4.66 Å². The van der Waals surface area contributed by atoms with Gasteiger partial charge in [0.1, 0.15) is 4.66 Å². The van der Waals surface area contributed by atoms with E-state index in [1.807, 2.05) is 30.3 Å². The summed E-state index contributed by atoms with van der Waals surface area (Å²) in [5, 5.41) is 1.21. The number of halogens is 1. The Morgan fingerprint density at radius 3 is 2.38 bits per heavy atom. The number of rotatable bonds is 3. The summed E-state index contributed by atoms with van der Waals surface area (Å²) in [7, 11) is -3.08. The van der Waals surface area contributed by atoms with Crippen molar-refractivity contribution in [2.75, 3.05) is 4.66 Å². The van der Waals surface area contributed by atoms with Gasteiger partial charge < -0.3 is 0 Å². The molecule has 1 aromatic rings. The fourth-order valence-electron chi connectivity index (χ4n) is 0.783. The minimum absolute atomic E-state index is 0.0384. The second-order valence-corrected chi connectivity index (χ2v) is 5.68. The fourth-order valence-corrected chi connectivity index (χ4v) is 1.68. The highest BCUT2D eigenvalue weighted by atomic mass is 79.9. The summed E-state index contributed by atoms with van der Waals surface area (Å²) in [6.07, 6.45) is 1.58. The fraction of sp³-hybridized carbons (Fsp3) is 0.111. The van der Waals surface area contributed by atoms with Crippen LogP contribution in [0.15, 0.2) is 35.7 Å². The van der Waals surface area contributed by atoms with Gasteiger partial charge >= 0.3 is 0 Å². The van der Waals surface area contributed by atoms with Crippen molar-refractivity contribution in [1.82, 2.24) is 0 Å². The van der Waals surface area contributed by atoms with Crippen LogP contribution in [0.4, 0.5) is 0 Å². The van der Waals surface area contributed by atoms with Crippen LogP contribution in [0.5, 0.6) is 0 Å². The zero-order chi connectivity index (χ0) is 9.73. The van der Waals surface area contributed by atoms with Crippen molar-refractivity contribution < 1.29 is 8.42 Å². The second-order valence-electron chi connectivity index (χ2n) is 2.49. The summed E-state index contributed by atoms with van der Waals surface area (Å²) in [6.45, 7) is 0. The molecule has 0 saturated heterocycles. The van der Waals surface area contributed by atoms with E-state index < -0.39 is 9.84 Å². The molecule has 4 heteroatoms. The molecule has 0 atom stereocenters. The van der Waals surface area contributed by atoms with Crippen LogP contribution in [0.25, 0.3) is 6.08 Å². The maximum absolute atomic E-state index is 11.0. The van der Waals surface area contributed by atoms with Gasteiger partial charge in [0.05, 0.1) is 0 Å². The Hall–Kier alpha value is -0.610. The summed E-state index contributed by atoms with van der Waals surface area (Å²) < 4.78 is 22.0. The van der Waals surface area contributed by atoms with Gasteiger partial charge in [-0.1, -0.05) is 46.3 Å². The Morgan fingerprint density at radius 1 is 1.23 bits per heavy atom. The van der Waals surface area contributed by atoms with Crippen LogP contribution < -0.4 is 0 Å². The van der Waals surface area contributed by atoms with Crippen molar-refractivity contribution in [1.29, 1.82) is 0 Å². The lowest BCUT2D eigenvalue weighted by Gasteiger charge is -1.91. The van der Waals surface area contributed by atoms with Gasteiger partial charge in [-0.05, 0) is 11.6 Å². The van der Waals surface area contributed by atoms with E-state index in [4.69, 9.17) is 0 Å². The molecule has 0 bridgehead atoms. The monoisotopic (exact) mass is 260 g/mol. The van der Waals surface area contributed by atoms with Crippen molar-refractivity contribution in [2.24, 2.45) is 0 Å². The van der Waals surface area contributed by atoms with Gasteiger partial charge in [0.15, 0.2) is 9.84 Å². The lowest BCUT2D eigenvalue weighted by atomic mass is 10.2. The maximum atomic E-state index is 11.0. The van der Waals surface area contributed by atoms with E-state index in [2.05, 4.69) is 15.9 Å². The van der Waals surface area contributed by atoms with Gasteiger partial charge in [0.25, 0.3) is 0 Å². The molecule has 0 aliphatic rings. The predicted molar refractivity (Wildman–Crippen MR) is 58.2 cm³/mol. The Morgan fingerprint density at radius 2 is 1.85 bits per heavy atom. The minimum atomic E-state index is -3.08. The number of hydrogen-bond acceptors (Lipinski definition) is 2. The third-order valence-corrected chi connectivity index (χ3v) is 4.19. The molecular formula is C9H9BrO2S. The molecule has 1 rings (SSSR count). The Bertz CT molecular complexity index is 381. The first-order valence-corrected chi connectivity index (χ1v) is 6.49. The Kier molecular flexibility index (Phi) is 3.69. The van der Waals surface area contributed by atoms with Crippen molar-refractivity contribution >= 4 is 31.8 Å². The lowest BCUT2D eigenvalue weighted by molar-refractivity contribution is 0.609. The molecule has 0 N–H and O–H groups in total. The molecule has 0 radical (unpaired) electrons. The molecule has 13 heavy (non-hydrogen) atoms. The zero-order valence-electron chi connectivity index (χ0n) is 6.85. The number of benzene rings is 1. The zero-order valence-corrected chi connectivity index (χ0v) is 9.25. The quantitative estimate of drug-likeness (QED) is 0.783. The smallest absolute Gasteiger partial charge is 0.181 e. The van der Waals surface area contributed by atoms with Gasteiger partial charge in [0.2, 0.25) is 0 Å². The maximum Gasteiger partial charge on any atom is 0.181 e. The summed E-state index contributed by atoms with van der Waals surface area (Å²) in [6, 6.07) is 9.30. The predicted octanol–water partition coefficient (Wildman–Crippen LogP) is 2.42. The van der Waals surface area contributed by atoms with Crippen LogP contribution >= 0.6 is 15.9 Å². The first-order valence-electron chi connectivity index (χ1n) is 3.66. The van der Waals surface area contributed by atoms with Crippen molar-refractivity contribution in [2.45, 2.75) is 0 Å².